The van der Waals surface area contributed by atoms with Gasteiger partial charge in [0.15, 0.2) is 0 Å². The number of rotatable bonds is 3. The van der Waals surface area contributed by atoms with Gasteiger partial charge < -0.3 is 11.1 Å². The molecule has 0 radical (unpaired) electrons. The van der Waals surface area contributed by atoms with E-state index in [0.717, 1.165) is 19.4 Å². The van der Waals surface area contributed by atoms with E-state index in [2.05, 4.69) is 21.2 Å². The summed E-state index contributed by atoms with van der Waals surface area (Å²) in [6, 6.07) is 9.83. The molecule has 0 fully saturated rings. The van der Waals surface area contributed by atoms with Crippen molar-refractivity contribution in [2.45, 2.75) is 6.54 Å². The second-order valence-electron chi connectivity index (χ2n) is 4.25. The Morgan fingerprint density at radius 2 is 2.20 bits per heavy atom. The van der Waals surface area contributed by atoms with Crippen molar-refractivity contribution in [3.63, 3.8) is 0 Å². The Balaban J connectivity index is 1.86. The molecule has 1 aromatic carbocycles. The number of anilines is 1. The summed E-state index contributed by atoms with van der Waals surface area (Å²) >= 11 is 6.47. The fraction of sp³-hybridized carbons (Fsp3) is 0.0714. The van der Waals surface area contributed by atoms with Gasteiger partial charge in [-0.2, -0.15) is 0 Å². The van der Waals surface area contributed by atoms with Crippen LogP contribution in [0.15, 0.2) is 40.2 Å². The lowest BCUT2D eigenvalue weighted by Crippen LogP contribution is -2.22. The van der Waals surface area contributed by atoms with Gasteiger partial charge >= 0.3 is 0 Å². The van der Waals surface area contributed by atoms with Crippen LogP contribution in [0.25, 0.3) is 10.1 Å². The number of carbonyl (C=O) groups excluding carboxylic acids is 1. The van der Waals surface area contributed by atoms with E-state index in [1.165, 1.54) is 11.3 Å². The van der Waals surface area contributed by atoms with E-state index in [1.807, 2.05) is 35.7 Å². The number of hydrogen-bond acceptors (Lipinski definition) is 4. The maximum atomic E-state index is 12.2. The van der Waals surface area contributed by atoms with Crippen LogP contribution in [0.4, 0.5) is 5.69 Å². The van der Waals surface area contributed by atoms with Crippen LogP contribution in [0.1, 0.15) is 14.5 Å². The van der Waals surface area contributed by atoms with Crippen LogP contribution in [-0.2, 0) is 6.54 Å². The predicted octanol–water partition coefficient (Wildman–Crippen LogP) is 4.24. The van der Waals surface area contributed by atoms with Gasteiger partial charge in [0.05, 0.1) is 12.2 Å². The van der Waals surface area contributed by atoms with Gasteiger partial charge in [-0.25, -0.2) is 0 Å². The van der Waals surface area contributed by atoms with E-state index in [1.54, 1.807) is 11.3 Å². The largest absolute Gasteiger partial charge is 0.397 e. The van der Waals surface area contributed by atoms with Crippen molar-refractivity contribution in [1.29, 1.82) is 0 Å². The molecule has 0 aliphatic heterocycles. The number of nitrogens with one attached hydrogen (secondary N) is 1. The fourth-order valence-electron chi connectivity index (χ4n) is 1.92. The van der Waals surface area contributed by atoms with E-state index in [9.17, 15) is 4.79 Å². The molecule has 0 atom stereocenters. The first-order valence-electron chi connectivity index (χ1n) is 5.93. The van der Waals surface area contributed by atoms with Crippen molar-refractivity contribution in [2.75, 3.05) is 5.73 Å². The summed E-state index contributed by atoms with van der Waals surface area (Å²) in [5.41, 5.74) is 6.64. The maximum absolute atomic E-state index is 12.2. The topological polar surface area (TPSA) is 55.1 Å². The molecule has 0 aliphatic carbocycles. The van der Waals surface area contributed by atoms with Crippen LogP contribution in [0, 0.1) is 0 Å². The van der Waals surface area contributed by atoms with Crippen molar-refractivity contribution in [1.82, 2.24) is 5.32 Å². The molecule has 2 aromatic heterocycles. The predicted molar refractivity (Wildman–Crippen MR) is 89.4 cm³/mol. The highest BCUT2D eigenvalue weighted by molar-refractivity contribution is 9.10. The first-order valence-corrected chi connectivity index (χ1v) is 8.42. The van der Waals surface area contributed by atoms with E-state index >= 15 is 0 Å². The van der Waals surface area contributed by atoms with Gasteiger partial charge in [-0.1, -0.05) is 22.0 Å². The van der Waals surface area contributed by atoms with Crippen LogP contribution in [0.3, 0.4) is 0 Å². The van der Waals surface area contributed by atoms with Gasteiger partial charge in [0.1, 0.15) is 4.88 Å². The smallest absolute Gasteiger partial charge is 0.263 e. The molecule has 2 heterocycles. The minimum Gasteiger partial charge on any atom is -0.397 e. The lowest BCUT2D eigenvalue weighted by Gasteiger charge is -2.02. The number of amides is 1. The highest BCUT2D eigenvalue weighted by Crippen LogP contribution is 2.35. The van der Waals surface area contributed by atoms with Gasteiger partial charge in [0, 0.05) is 19.4 Å². The summed E-state index contributed by atoms with van der Waals surface area (Å²) in [7, 11) is 0. The highest BCUT2D eigenvalue weighted by Gasteiger charge is 2.16. The number of benzene rings is 1. The average Bonchev–Trinajstić information content (AvgIpc) is 3.05. The summed E-state index contributed by atoms with van der Waals surface area (Å²) in [6.07, 6.45) is 0. The van der Waals surface area contributed by atoms with Crippen LogP contribution in [-0.4, -0.2) is 5.91 Å². The molecule has 0 spiro atoms. The Hall–Kier alpha value is -1.37. The van der Waals surface area contributed by atoms with E-state index in [4.69, 9.17) is 5.73 Å². The van der Waals surface area contributed by atoms with Gasteiger partial charge in [-0.15, -0.1) is 22.7 Å². The Morgan fingerprint density at radius 1 is 1.35 bits per heavy atom. The molecule has 3 nitrogen and oxygen atoms in total. The molecule has 0 saturated heterocycles. The first-order chi connectivity index (χ1) is 9.65. The molecule has 102 valence electrons. The molecular formula is C14H11BrN2OS2. The maximum Gasteiger partial charge on any atom is 0.263 e. The quantitative estimate of drug-likeness (QED) is 0.728. The first kappa shape index (κ1) is 13.6. The van der Waals surface area contributed by atoms with Crippen molar-refractivity contribution in [3.8, 4) is 0 Å². The molecule has 0 saturated carbocycles. The lowest BCUT2D eigenvalue weighted by molar-refractivity contribution is 0.0956. The van der Waals surface area contributed by atoms with Gasteiger partial charge in [-0.05, 0) is 29.6 Å². The molecule has 6 heteroatoms. The minimum absolute atomic E-state index is 0.117. The van der Waals surface area contributed by atoms with Gasteiger partial charge in [0.2, 0.25) is 0 Å². The molecule has 1 amide bonds. The van der Waals surface area contributed by atoms with Crippen molar-refractivity contribution >= 4 is 60.3 Å². The zero-order valence-electron chi connectivity index (χ0n) is 10.4. The SMILES string of the molecule is Nc1c(C(=O)NCc2cccs2)sc2ccc(Br)cc12. The lowest BCUT2D eigenvalue weighted by atomic mass is 10.2. The summed E-state index contributed by atoms with van der Waals surface area (Å²) in [6.45, 7) is 0.536. The van der Waals surface area contributed by atoms with Crippen molar-refractivity contribution in [3.05, 3.63) is 49.9 Å². The molecule has 20 heavy (non-hydrogen) atoms. The second kappa shape index (κ2) is 5.55. The minimum atomic E-state index is -0.117. The van der Waals surface area contributed by atoms with E-state index in [0.29, 0.717) is 17.1 Å². The number of carbonyl (C=O) groups is 1. The van der Waals surface area contributed by atoms with E-state index in [-0.39, 0.29) is 5.91 Å². The third-order valence-corrected chi connectivity index (χ3v) is 5.45. The van der Waals surface area contributed by atoms with Crippen LogP contribution >= 0.6 is 38.6 Å². The Morgan fingerprint density at radius 3 is 2.95 bits per heavy atom. The summed E-state index contributed by atoms with van der Waals surface area (Å²) in [4.78, 5) is 13.9. The zero-order valence-corrected chi connectivity index (χ0v) is 13.6. The zero-order chi connectivity index (χ0) is 14.1. The molecule has 0 unspecified atom stereocenters. The second-order valence-corrected chi connectivity index (χ2v) is 7.25. The Labute approximate surface area is 132 Å². The van der Waals surface area contributed by atoms with Gasteiger partial charge in [0.25, 0.3) is 5.91 Å². The highest BCUT2D eigenvalue weighted by atomic mass is 79.9. The number of hydrogen-bond donors (Lipinski definition) is 2. The number of nitrogens with two attached hydrogens (primary N) is 1. The van der Waals surface area contributed by atoms with Crippen molar-refractivity contribution in [2.24, 2.45) is 0 Å². The number of fused-ring (bicyclic) bond motifs is 1. The molecule has 3 rings (SSSR count). The third kappa shape index (κ3) is 2.59. The van der Waals surface area contributed by atoms with Crippen molar-refractivity contribution < 1.29 is 4.79 Å². The third-order valence-electron chi connectivity index (χ3n) is 2.90. The number of halogens is 1. The molecular weight excluding hydrogens is 356 g/mol. The fourth-order valence-corrected chi connectivity index (χ4v) is 3.94. The van der Waals surface area contributed by atoms with Crippen LogP contribution in [0.2, 0.25) is 0 Å². The summed E-state index contributed by atoms with van der Waals surface area (Å²) < 4.78 is 1.98. The monoisotopic (exact) mass is 366 g/mol. The Kier molecular flexibility index (Phi) is 3.78. The summed E-state index contributed by atoms with van der Waals surface area (Å²) in [5.74, 6) is -0.117. The normalized spacial score (nSPS) is 10.8. The van der Waals surface area contributed by atoms with E-state index < -0.39 is 0 Å². The standard InChI is InChI=1S/C14H11BrN2OS2/c15-8-3-4-11-10(6-8)12(16)13(20-11)14(18)17-7-9-2-1-5-19-9/h1-6H,7,16H2,(H,17,18). The van der Waals surface area contributed by atoms with Crippen LogP contribution < -0.4 is 11.1 Å². The number of nitrogen functional groups attached to an aromatic ring is 1. The molecule has 0 aliphatic rings. The van der Waals surface area contributed by atoms with Gasteiger partial charge in [-0.3, -0.25) is 4.79 Å². The molecule has 3 aromatic rings. The average molecular weight is 367 g/mol. The molecule has 3 N–H and O–H groups in total. The number of thiophene rings is 2. The molecule has 0 bridgehead atoms. The summed E-state index contributed by atoms with van der Waals surface area (Å²) in [5, 5.41) is 5.82. The Bertz CT molecular complexity index is 765. The van der Waals surface area contributed by atoms with Crippen LogP contribution in [0.5, 0.6) is 0 Å².